The number of rotatable bonds is 7. The molecule has 0 saturated heterocycles. The van der Waals surface area contributed by atoms with Crippen molar-refractivity contribution in [2.45, 2.75) is 39.3 Å². The lowest BCUT2D eigenvalue weighted by molar-refractivity contribution is -0.144. The van der Waals surface area contributed by atoms with Gasteiger partial charge in [0.1, 0.15) is 12.4 Å². The van der Waals surface area contributed by atoms with Crippen molar-refractivity contribution in [2.24, 2.45) is 7.05 Å². The number of unbranched alkanes of at least 4 members (excludes halogenated alkanes) is 1. The van der Waals surface area contributed by atoms with Crippen LogP contribution < -0.4 is 11.2 Å². The van der Waals surface area contributed by atoms with Crippen LogP contribution in [0.15, 0.2) is 33.9 Å². The molecule has 9 heteroatoms. The van der Waals surface area contributed by atoms with Crippen LogP contribution in [0.3, 0.4) is 0 Å². The lowest BCUT2D eigenvalue weighted by Crippen LogP contribution is -2.31. The summed E-state index contributed by atoms with van der Waals surface area (Å²) in [5.74, 6) is -0.0821. The van der Waals surface area contributed by atoms with Crippen LogP contribution in [0, 0.1) is 0 Å². The summed E-state index contributed by atoms with van der Waals surface area (Å²) in [5.41, 5.74) is 0.224. The number of ether oxygens (including phenoxy) is 1. The van der Waals surface area contributed by atoms with Gasteiger partial charge in [0.25, 0.3) is 5.56 Å². The van der Waals surface area contributed by atoms with Crippen LogP contribution >= 0.6 is 11.6 Å². The number of halogens is 1. The Morgan fingerprint density at radius 3 is 2.75 bits per heavy atom. The van der Waals surface area contributed by atoms with Crippen LogP contribution in [0.2, 0.25) is 5.02 Å². The largest absolute Gasteiger partial charge is 0.457 e. The Hall–Kier alpha value is -2.87. The summed E-state index contributed by atoms with van der Waals surface area (Å²) in [6.07, 6.45) is 1.71. The van der Waals surface area contributed by atoms with E-state index < -0.39 is 17.2 Å². The molecule has 0 radical (unpaired) electrons. The molecule has 1 aromatic carbocycles. The van der Waals surface area contributed by atoms with Crippen molar-refractivity contribution < 1.29 is 9.53 Å². The number of nitrogens with zero attached hydrogens (tertiary/aromatic N) is 3. The second kappa shape index (κ2) is 8.43. The van der Waals surface area contributed by atoms with Crippen molar-refractivity contribution in [1.82, 2.24) is 19.1 Å². The number of fused-ring (bicyclic) bond motifs is 1. The van der Waals surface area contributed by atoms with Crippen LogP contribution in [0.1, 0.15) is 31.2 Å². The fraction of sp³-hybridized carbons (Fsp3) is 0.368. The summed E-state index contributed by atoms with van der Waals surface area (Å²) in [6.45, 7) is 2.34. The third-order valence-electron chi connectivity index (χ3n) is 4.50. The van der Waals surface area contributed by atoms with Gasteiger partial charge >= 0.3 is 11.7 Å². The quantitative estimate of drug-likeness (QED) is 0.608. The number of esters is 1. The van der Waals surface area contributed by atoms with Crippen LogP contribution in [0.4, 0.5) is 0 Å². The maximum atomic E-state index is 12.2. The average Bonchev–Trinajstić information content (AvgIpc) is 2.98. The lowest BCUT2D eigenvalue weighted by Gasteiger charge is -2.06. The Morgan fingerprint density at radius 2 is 2.04 bits per heavy atom. The number of carbonyl (C=O) groups is 1. The van der Waals surface area contributed by atoms with E-state index in [1.54, 1.807) is 35.9 Å². The second-order valence-electron chi connectivity index (χ2n) is 6.45. The molecule has 0 spiro atoms. The standard InChI is InChI=1S/C19H21ClN4O4/c1-3-4-9-24-17-16(18(26)22-19(24)27)23(2)14(21-17)11-28-15(25)10-12-7-5-6-8-13(12)20/h5-8H,3-4,9-11H2,1-2H3,(H,22,26,27). The molecule has 0 aliphatic carbocycles. The summed E-state index contributed by atoms with van der Waals surface area (Å²) in [6, 6.07) is 7.04. The highest BCUT2D eigenvalue weighted by molar-refractivity contribution is 6.31. The van der Waals surface area contributed by atoms with E-state index in [2.05, 4.69) is 9.97 Å². The van der Waals surface area contributed by atoms with E-state index in [0.29, 0.717) is 28.6 Å². The zero-order valence-corrected chi connectivity index (χ0v) is 16.5. The van der Waals surface area contributed by atoms with Crippen molar-refractivity contribution >= 4 is 28.7 Å². The average molecular weight is 405 g/mol. The number of hydrogen-bond donors (Lipinski definition) is 1. The van der Waals surface area contributed by atoms with Crippen molar-refractivity contribution in [2.75, 3.05) is 0 Å². The molecule has 148 valence electrons. The molecule has 0 fully saturated rings. The molecule has 0 aliphatic heterocycles. The van der Waals surface area contributed by atoms with Crippen molar-refractivity contribution in [3.8, 4) is 0 Å². The first-order valence-corrected chi connectivity index (χ1v) is 9.37. The van der Waals surface area contributed by atoms with E-state index in [1.165, 1.54) is 4.57 Å². The molecule has 1 N–H and O–H groups in total. The number of carbonyl (C=O) groups excluding carboxylic acids is 1. The van der Waals surface area contributed by atoms with Gasteiger partial charge in [0.05, 0.1) is 6.42 Å². The minimum Gasteiger partial charge on any atom is -0.457 e. The Kier molecular flexibility index (Phi) is 5.99. The van der Waals surface area contributed by atoms with Gasteiger partial charge in [0.2, 0.25) is 0 Å². The predicted octanol–water partition coefficient (Wildman–Crippen LogP) is 2.16. The van der Waals surface area contributed by atoms with Gasteiger partial charge in [-0.1, -0.05) is 43.1 Å². The number of aromatic nitrogens is 4. The summed E-state index contributed by atoms with van der Waals surface area (Å²) in [4.78, 5) is 43.2. The predicted molar refractivity (Wildman–Crippen MR) is 105 cm³/mol. The van der Waals surface area contributed by atoms with E-state index >= 15 is 0 Å². The Labute approximate surface area is 165 Å². The Morgan fingerprint density at radius 1 is 1.29 bits per heavy atom. The molecular weight excluding hydrogens is 384 g/mol. The third kappa shape index (κ3) is 4.01. The zero-order valence-electron chi connectivity index (χ0n) is 15.7. The van der Waals surface area contributed by atoms with Crippen LogP contribution in [0.25, 0.3) is 11.2 Å². The molecule has 0 bridgehead atoms. The lowest BCUT2D eigenvalue weighted by atomic mass is 10.1. The molecule has 0 unspecified atom stereocenters. The minimum absolute atomic E-state index is 0.0331. The first-order valence-electron chi connectivity index (χ1n) is 8.99. The smallest absolute Gasteiger partial charge is 0.330 e. The molecule has 8 nitrogen and oxygen atoms in total. The zero-order chi connectivity index (χ0) is 20.3. The Balaban J connectivity index is 1.83. The number of H-pyrrole nitrogens is 1. The number of aryl methyl sites for hydroxylation is 2. The van der Waals surface area contributed by atoms with Crippen LogP contribution in [0.5, 0.6) is 0 Å². The van der Waals surface area contributed by atoms with Crippen molar-refractivity contribution in [3.63, 3.8) is 0 Å². The van der Waals surface area contributed by atoms with Gasteiger partial charge in [-0.3, -0.25) is 19.1 Å². The van der Waals surface area contributed by atoms with E-state index in [4.69, 9.17) is 16.3 Å². The van der Waals surface area contributed by atoms with Gasteiger partial charge in [-0.2, -0.15) is 0 Å². The molecular formula is C19H21ClN4O4. The van der Waals surface area contributed by atoms with Crippen molar-refractivity contribution in [1.29, 1.82) is 0 Å². The third-order valence-corrected chi connectivity index (χ3v) is 4.86. The van der Waals surface area contributed by atoms with Gasteiger partial charge in [-0.05, 0) is 18.1 Å². The molecule has 0 atom stereocenters. The fourth-order valence-corrected chi connectivity index (χ4v) is 3.14. The van der Waals surface area contributed by atoms with Gasteiger partial charge < -0.3 is 9.30 Å². The minimum atomic E-state index is -0.517. The van der Waals surface area contributed by atoms with E-state index in [0.717, 1.165) is 12.8 Å². The Bertz CT molecular complexity index is 1130. The van der Waals surface area contributed by atoms with Gasteiger partial charge in [-0.25, -0.2) is 9.78 Å². The van der Waals surface area contributed by atoms with Crippen molar-refractivity contribution in [3.05, 3.63) is 61.5 Å². The second-order valence-corrected chi connectivity index (χ2v) is 6.86. The first-order chi connectivity index (χ1) is 13.4. The number of aromatic amines is 1. The van der Waals surface area contributed by atoms with E-state index in [-0.39, 0.29) is 18.5 Å². The summed E-state index contributed by atoms with van der Waals surface area (Å²) in [7, 11) is 1.65. The summed E-state index contributed by atoms with van der Waals surface area (Å²) < 4.78 is 8.29. The number of nitrogens with one attached hydrogen (secondary N) is 1. The summed E-state index contributed by atoms with van der Waals surface area (Å²) >= 11 is 6.06. The molecule has 3 aromatic rings. The number of imidazole rings is 1. The maximum absolute atomic E-state index is 12.2. The molecule has 0 amide bonds. The SMILES string of the molecule is CCCCn1c(=O)[nH]c(=O)c2c1nc(COC(=O)Cc1ccccc1Cl)n2C. The van der Waals surface area contributed by atoms with Crippen LogP contribution in [-0.2, 0) is 36.2 Å². The molecule has 2 aromatic heterocycles. The maximum Gasteiger partial charge on any atom is 0.330 e. The molecule has 3 rings (SSSR count). The highest BCUT2D eigenvalue weighted by atomic mass is 35.5. The number of benzene rings is 1. The highest BCUT2D eigenvalue weighted by Gasteiger charge is 2.17. The van der Waals surface area contributed by atoms with Gasteiger partial charge in [-0.15, -0.1) is 0 Å². The normalized spacial score (nSPS) is 11.1. The molecule has 0 saturated carbocycles. The fourth-order valence-electron chi connectivity index (χ4n) is 2.94. The molecule has 0 aliphatic rings. The van der Waals surface area contributed by atoms with Crippen LogP contribution in [-0.4, -0.2) is 25.1 Å². The number of hydrogen-bond acceptors (Lipinski definition) is 5. The van der Waals surface area contributed by atoms with E-state index in [1.807, 2.05) is 6.92 Å². The highest BCUT2D eigenvalue weighted by Crippen LogP contribution is 2.16. The first kappa shape index (κ1) is 19.9. The summed E-state index contributed by atoms with van der Waals surface area (Å²) in [5, 5.41) is 0.494. The van der Waals surface area contributed by atoms with Gasteiger partial charge in [0.15, 0.2) is 11.2 Å². The molecule has 28 heavy (non-hydrogen) atoms. The monoisotopic (exact) mass is 404 g/mol. The molecule has 2 heterocycles. The topological polar surface area (TPSA) is 99.0 Å². The van der Waals surface area contributed by atoms with Gasteiger partial charge in [0, 0.05) is 18.6 Å². The van der Waals surface area contributed by atoms with E-state index in [9.17, 15) is 14.4 Å².